The highest BCUT2D eigenvalue weighted by molar-refractivity contribution is 6.35. The quantitative estimate of drug-likeness (QED) is 0.717. The smallest absolute Gasteiger partial charge is 0.133 e. The molecule has 0 spiro atoms. The van der Waals surface area contributed by atoms with Crippen molar-refractivity contribution in [2.45, 2.75) is 12.8 Å². The summed E-state index contributed by atoms with van der Waals surface area (Å²) >= 11 is 12.3. The fraction of sp³-hybridized carbons (Fsp3) is 0.211. The Bertz CT molecular complexity index is 919. The first-order chi connectivity index (χ1) is 12.2. The average Bonchev–Trinajstić information content (AvgIpc) is 3.21. The van der Waals surface area contributed by atoms with Gasteiger partial charge in [-0.25, -0.2) is 4.68 Å². The van der Waals surface area contributed by atoms with E-state index >= 15 is 0 Å². The summed E-state index contributed by atoms with van der Waals surface area (Å²) in [6.45, 7) is 0.921. The zero-order valence-electron chi connectivity index (χ0n) is 13.7. The number of anilines is 1. The maximum atomic E-state index is 6.34. The molecule has 1 N–H and O–H groups in total. The summed E-state index contributed by atoms with van der Waals surface area (Å²) in [5.41, 5.74) is 4.32. The van der Waals surface area contributed by atoms with E-state index in [4.69, 9.17) is 33.0 Å². The van der Waals surface area contributed by atoms with E-state index in [-0.39, 0.29) is 0 Å². The van der Waals surface area contributed by atoms with Crippen molar-refractivity contribution in [3.8, 4) is 11.4 Å². The summed E-state index contributed by atoms with van der Waals surface area (Å²) in [6, 6.07) is 13.5. The van der Waals surface area contributed by atoms with Crippen LogP contribution in [0.3, 0.4) is 0 Å². The van der Waals surface area contributed by atoms with Gasteiger partial charge in [-0.05, 0) is 48.4 Å². The Labute approximate surface area is 156 Å². The van der Waals surface area contributed by atoms with Gasteiger partial charge in [0.05, 0.1) is 18.5 Å². The Morgan fingerprint density at radius 1 is 1.16 bits per heavy atom. The number of aromatic nitrogens is 2. The van der Waals surface area contributed by atoms with Gasteiger partial charge in [0.25, 0.3) is 0 Å². The van der Waals surface area contributed by atoms with E-state index in [9.17, 15) is 0 Å². The van der Waals surface area contributed by atoms with Gasteiger partial charge in [0.1, 0.15) is 11.6 Å². The molecular weight excluding hydrogens is 357 g/mol. The molecule has 0 unspecified atom stereocenters. The predicted molar refractivity (Wildman–Crippen MR) is 102 cm³/mol. The van der Waals surface area contributed by atoms with Crippen LogP contribution in [0.25, 0.3) is 5.69 Å². The second-order valence-corrected chi connectivity index (χ2v) is 6.82. The van der Waals surface area contributed by atoms with Crippen molar-refractivity contribution in [2.24, 2.45) is 0 Å². The van der Waals surface area contributed by atoms with E-state index < -0.39 is 0 Å². The number of rotatable bonds is 4. The minimum absolute atomic E-state index is 0.643. The molecule has 25 heavy (non-hydrogen) atoms. The van der Waals surface area contributed by atoms with Gasteiger partial charge in [0, 0.05) is 28.6 Å². The minimum atomic E-state index is 0.643. The molecule has 4 nitrogen and oxygen atoms in total. The molecule has 0 fully saturated rings. The number of methoxy groups -OCH3 is 1. The van der Waals surface area contributed by atoms with Crippen LogP contribution in [-0.2, 0) is 12.8 Å². The van der Waals surface area contributed by atoms with E-state index in [2.05, 4.69) is 5.32 Å². The molecule has 0 bridgehead atoms. The molecule has 0 saturated carbocycles. The number of hydrogen-bond donors (Lipinski definition) is 1. The monoisotopic (exact) mass is 373 g/mol. The van der Waals surface area contributed by atoms with E-state index in [1.807, 2.05) is 41.1 Å². The van der Waals surface area contributed by atoms with Crippen LogP contribution in [0.5, 0.6) is 5.75 Å². The van der Waals surface area contributed by atoms with E-state index in [0.29, 0.717) is 16.5 Å². The average molecular weight is 374 g/mol. The second kappa shape index (κ2) is 6.62. The fourth-order valence-electron chi connectivity index (χ4n) is 3.14. The van der Waals surface area contributed by atoms with E-state index in [1.54, 1.807) is 13.2 Å². The third-order valence-electron chi connectivity index (χ3n) is 4.42. The lowest BCUT2D eigenvalue weighted by Gasteiger charge is -2.07. The van der Waals surface area contributed by atoms with Crippen LogP contribution < -0.4 is 10.1 Å². The van der Waals surface area contributed by atoms with Crippen LogP contribution in [0.1, 0.15) is 16.8 Å². The van der Waals surface area contributed by atoms with Crippen molar-refractivity contribution in [3.05, 3.63) is 69.3 Å². The Morgan fingerprint density at radius 2 is 1.96 bits per heavy atom. The lowest BCUT2D eigenvalue weighted by molar-refractivity contribution is 0.414. The zero-order valence-corrected chi connectivity index (χ0v) is 15.2. The van der Waals surface area contributed by atoms with Gasteiger partial charge < -0.3 is 10.1 Å². The second-order valence-electron chi connectivity index (χ2n) is 5.97. The SMILES string of the molecule is COc1ccc(-n2nc(Cc3ccc(Cl)cc3Cl)c3c2NCC3)cc1. The lowest BCUT2D eigenvalue weighted by atomic mass is 10.1. The highest BCUT2D eigenvalue weighted by Gasteiger charge is 2.23. The first-order valence-corrected chi connectivity index (χ1v) is 8.84. The number of nitrogens with one attached hydrogen (secondary N) is 1. The van der Waals surface area contributed by atoms with E-state index in [1.165, 1.54) is 5.56 Å². The fourth-order valence-corrected chi connectivity index (χ4v) is 3.62. The maximum absolute atomic E-state index is 6.34. The van der Waals surface area contributed by atoms with Gasteiger partial charge in [-0.15, -0.1) is 0 Å². The topological polar surface area (TPSA) is 39.1 Å². The molecule has 2 heterocycles. The first-order valence-electron chi connectivity index (χ1n) is 8.08. The molecule has 1 aliphatic heterocycles. The number of benzene rings is 2. The first kappa shape index (κ1) is 16.3. The van der Waals surface area contributed by atoms with Crippen LogP contribution in [0, 0.1) is 0 Å². The van der Waals surface area contributed by atoms with Gasteiger partial charge in [-0.3, -0.25) is 0 Å². The van der Waals surface area contributed by atoms with E-state index in [0.717, 1.165) is 41.5 Å². The van der Waals surface area contributed by atoms with Crippen molar-refractivity contribution in [3.63, 3.8) is 0 Å². The summed E-state index contributed by atoms with van der Waals surface area (Å²) in [6.07, 6.45) is 1.65. The number of hydrogen-bond acceptors (Lipinski definition) is 3. The molecule has 6 heteroatoms. The van der Waals surface area contributed by atoms with Crippen LogP contribution in [-0.4, -0.2) is 23.4 Å². The zero-order chi connectivity index (χ0) is 17.4. The molecule has 3 aromatic rings. The van der Waals surface area contributed by atoms with Crippen molar-refractivity contribution in [1.29, 1.82) is 0 Å². The van der Waals surface area contributed by atoms with Crippen molar-refractivity contribution >= 4 is 29.0 Å². The Balaban J connectivity index is 1.72. The van der Waals surface area contributed by atoms with Crippen LogP contribution in [0.2, 0.25) is 10.0 Å². The molecule has 2 aromatic carbocycles. The number of halogens is 2. The summed E-state index contributed by atoms with van der Waals surface area (Å²) in [4.78, 5) is 0. The molecule has 0 radical (unpaired) electrons. The summed E-state index contributed by atoms with van der Waals surface area (Å²) in [7, 11) is 1.66. The Morgan fingerprint density at radius 3 is 2.68 bits per heavy atom. The van der Waals surface area contributed by atoms with Gasteiger partial charge in [0.15, 0.2) is 0 Å². The Hall–Kier alpha value is -2.17. The standard InChI is InChI=1S/C19H17Cl2N3O/c1-25-15-6-4-14(5-7-15)24-19-16(8-9-22-19)18(23-24)10-12-2-3-13(20)11-17(12)21/h2-7,11,22H,8-10H2,1H3. The maximum Gasteiger partial charge on any atom is 0.133 e. The molecular formula is C19H17Cl2N3O. The summed E-state index contributed by atoms with van der Waals surface area (Å²) in [5.74, 6) is 1.89. The highest BCUT2D eigenvalue weighted by atomic mass is 35.5. The largest absolute Gasteiger partial charge is 0.497 e. The van der Waals surface area contributed by atoms with Gasteiger partial charge in [-0.1, -0.05) is 29.3 Å². The number of ether oxygens (including phenoxy) is 1. The summed E-state index contributed by atoms with van der Waals surface area (Å²) < 4.78 is 7.19. The number of nitrogens with zero attached hydrogens (tertiary/aromatic N) is 2. The van der Waals surface area contributed by atoms with Crippen molar-refractivity contribution < 1.29 is 4.74 Å². The Kier molecular flexibility index (Phi) is 4.32. The normalized spacial score (nSPS) is 12.8. The van der Waals surface area contributed by atoms with Gasteiger partial charge >= 0.3 is 0 Å². The molecule has 0 atom stereocenters. The third-order valence-corrected chi connectivity index (χ3v) is 5.01. The van der Waals surface area contributed by atoms with Gasteiger partial charge in [0.2, 0.25) is 0 Å². The van der Waals surface area contributed by atoms with Crippen molar-refractivity contribution in [1.82, 2.24) is 9.78 Å². The van der Waals surface area contributed by atoms with Crippen molar-refractivity contribution in [2.75, 3.05) is 19.0 Å². The predicted octanol–water partition coefficient (Wildman–Crippen LogP) is 4.75. The van der Waals surface area contributed by atoms with Crippen LogP contribution >= 0.6 is 23.2 Å². The highest BCUT2D eigenvalue weighted by Crippen LogP contribution is 2.32. The van der Waals surface area contributed by atoms with Crippen LogP contribution in [0.15, 0.2) is 42.5 Å². The third kappa shape index (κ3) is 3.08. The van der Waals surface area contributed by atoms with Crippen LogP contribution in [0.4, 0.5) is 5.82 Å². The molecule has 128 valence electrons. The molecule has 0 aliphatic carbocycles. The lowest BCUT2D eigenvalue weighted by Crippen LogP contribution is -2.05. The number of fused-ring (bicyclic) bond motifs is 1. The molecule has 1 aromatic heterocycles. The summed E-state index contributed by atoms with van der Waals surface area (Å²) in [5, 5.41) is 9.59. The molecule has 4 rings (SSSR count). The molecule has 1 aliphatic rings. The minimum Gasteiger partial charge on any atom is -0.497 e. The molecule has 0 amide bonds. The van der Waals surface area contributed by atoms with Gasteiger partial charge in [-0.2, -0.15) is 5.10 Å². The molecule has 0 saturated heterocycles.